The number of hydrogen-bond acceptors (Lipinski definition) is 4. The van der Waals surface area contributed by atoms with Crippen molar-refractivity contribution in [1.82, 2.24) is 14.5 Å². The molecule has 0 unspecified atom stereocenters. The Morgan fingerprint density at radius 2 is 1.86 bits per heavy atom. The van der Waals surface area contributed by atoms with E-state index in [1.54, 1.807) is 22.6 Å². The molecule has 1 heterocycles. The summed E-state index contributed by atoms with van der Waals surface area (Å²) in [5.41, 5.74) is 2.91. The van der Waals surface area contributed by atoms with Crippen molar-refractivity contribution in [3.05, 3.63) is 70.0 Å². The lowest BCUT2D eigenvalue weighted by Crippen LogP contribution is -2.29. The Balaban J connectivity index is 1.79. The molecule has 0 fully saturated rings. The zero-order valence-electron chi connectivity index (χ0n) is 17.4. The summed E-state index contributed by atoms with van der Waals surface area (Å²) in [6.07, 6.45) is 0.814. The summed E-state index contributed by atoms with van der Waals surface area (Å²) >= 11 is 1.33. The lowest BCUT2D eigenvalue weighted by molar-refractivity contribution is -0.127. The van der Waals surface area contributed by atoms with E-state index in [0.29, 0.717) is 22.6 Å². The van der Waals surface area contributed by atoms with E-state index in [-0.39, 0.29) is 23.3 Å². The Morgan fingerprint density at radius 1 is 1.17 bits per heavy atom. The predicted molar refractivity (Wildman–Crippen MR) is 119 cm³/mol. The molecule has 29 heavy (non-hydrogen) atoms. The molecule has 6 heteroatoms. The van der Waals surface area contributed by atoms with E-state index < -0.39 is 0 Å². The fourth-order valence-corrected chi connectivity index (χ4v) is 4.13. The van der Waals surface area contributed by atoms with Gasteiger partial charge < -0.3 is 4.90 Å². The van der Waals surface area contributed by atoms with Crippen LogP contribution in [0.3, 0.4) is 0 Å². The van der Waals surface area contributed by atoms with Gasteiger partial charge in [-0.05, 0) is 38.0 Å². The van der Waals surface area contributed by atoms with Gasteiger partial charge in [0, 0.05) is 19.6 Å². The lowest BCUT2D eigenvalue weighted by atomic mass is 10.1. The van der Waals surface area contributed by atoms with E-state index in [1.807, 2.05) is 63.2 Å². The van der Waals surface area contributed by atoms with Gasteiger partial charge in [-0.15, -0.1) is 0 Å². The second kappa shape index (κ2) is 9.27. The molecule has 152 valence electrons. The van der Waals surface area contributed by atoms with E-state index in [2.05, 4.69) is 4.98 Å². The SMILES string of the molecule is CC[C@@H](C)n1c(SCC(=O)N(C)Cc2ccc(C)cc2)nc2ccccc2c1=O. The van der Waals surface area contributed by atoms with Crippen LogP contribution in [0.2, 0.25) is 0 Å². The molecule has 0 aliphatic carbocycles. The Kier molecular flexibility index (Phi) is 6.75. The molecule has 2 aromatic carbocycles. The van der Waals surface area contributed by atoms with Gasteiger partial charge in [0.15, 0.2) is 5.16 Å². The number of amides is 1. The van der Waals surface area contributed by atoms with Crippen molar-refractivity contribution in [2.45, 2.75) is 44.9 Å². The molecule has 0 saturated heterocycles. The number of aromatic nitrogens is 2. The highest BCUT2D eigenvalue weighted by atomic mass is 32.2. The minimum Gasteiger partial charge on any atom is -0.341 e. The van der Waals surface area contributed by atoms with Crippen molar-refractivity contribution < 1.29 is 4.79 Å². The number of fused-ring (bicyclic) bond motifs is 1. The van der Waals surface area contributed by atoms with Crippen molar-refractivity contribution in [3.63, 3.8) is 0 Å². The molecule has 0 aliphatic rings. The first-order valence-electron chi connectivity index (χ1n) is 9.84. The zero-order valence-corrected chi connectivity index (χ0v) is 18.2. The maximum absolute atomic E-state index is 13.0. The number of rotatable bonds is 7. The normalized spacial score (nSPS) is 12.1. The lowest BCUT2D eigenvalue weighted by Gasteiger charge is -2.20. The summed E-state index contributed by atoms with van der Waals surface area (Å²) in [5.74, 6) is 0.248. The summed E-state index contributed by atoms with van der Waals surface area (Å²) in [6, 6.07) is 15.6. The van der Waals surface area contributed by atoms with Crippen LogP contribution in [0.15, 0.2) is 58.5 Å². The van der Waals surface area contributed by atoms with E-state index in [1.165, 1.54) is 17.3 Å². The molecule has 0 radical (unpaired) electrons. The van der Waals surface area contributed by atoms with Crippen LogP contribution in [-0.4, -0.2) is 33.2 Å². The van der Waals surface area contributed by atoms with E-state index in [9.17, 15) is 9.59 Å². The zero-order chi connectivity index (χ0) is 21.0. The Hall–Kier alpha value is -2.60. The number of aryl methyl sites for hydroxylation is 1. The third-order valence-electron chi connectivity index (χ3n) is 5.10. The van der Waals surface area contributed by atoms with Gasteiger partial charge >= 0.3 is 0 Å². The van der Waals surface area contributed by atoms with Crippen molar-refractivity contribution >= 4 is 28.6 Å². The topological polar surface area (TPSA) is 55.2 Å². The maximum atomic E-state index is 13.0. The van der Waals surface area contributed by atoms with Crippen LogP contribution in [-0.2, 0) is 11.3 Å². The van der Waals surface area contributed by atoms with E-state index >= 15 is 0 Å². The van der Waals surface area contributed by atoms with Gasteiger partial charge in [-0.25, -0.2) is 4.98 Å². The quantitative estimate of drug-likeness (QED) is 0.428. The van der Waals surface area contributed by atoms with Gasteiger partial charge in [0.05, 0.1) is 16.7 Å². The van der Waals surface area contributed by atoms with Crippen LogP contribution in [0.25, 0.3) is 10.9 Å². The van der Waals surface area contributed by atoms with Crippen LogP contribution in [0, 0.1) is 6.92 Å². The van der Waals surface area contributed by atoms with Gasteiger partial charge in [-0.1, -0.05) is 60.6 Å². The Bertz CT molecular complexity index is 1060. The number of carbonyl (C=O) groups excluding carboxylic acids is 1. The van der Waals surface area contributed by atoms with Crippen LogP contribution in [0.5, 0.6) is 0 Å². The molecular formula is C23H27N3O2S. The van der Waals surface area contributed by atoms with Gasteiger partial charge in [0.2, 0.25) is 5.91 Å². The fraction of sp³-hybridized carbons (Fsp3) is 0.348. The van der Waals surface area contributed by atoms with Crippen LogP contribution < -0.4 is 5.56 Å². The molecule has 1 aromatic heterocycles. The van der Waals surface area contributed by atoms with Crippen molar-refractivity contribution in [2.24, 2.45) is 0 Å². The van der Waals surface area contributed by atoms with Gasteiger partial charge in [0.1, 0.15) is 0 Å². The number of para-hydroxylation sites is 1. The van der Waals surface area contributed by atoms with Crippen LogP contribution in [0.4, 0.5) is 0 Å². The maximum Gasteiger partial charge on any atom is 0.262 e. The first-order valence-corrected chi connectivity index (χ1v) is 10.8. The minimum absolute atomic E-state index is 0.00804. The second-order valence-electron chi connectivity index (χ2n) is 7.37. The average molecular weight is 410 g/mol. The van der Waals surface area contributed by atoms with Crippen molar-refractivity contribution in [2.75, 3.05) is 12.8 Å². The first kappa shape index (κ1) is 21.1. The molecule has 0 spiro atoms. The summed E-state index contributed by atoms with van der Waals surface area (Å²) in [7, 11) is 1.80. The van der Waals surface area contributed by atoms with Gasteiger partial charge in [-0.2, -0.15) is 0 Å². The van der Waals surface area contributed by atoms with Crippen molar-refractivity contribution in [1.29, 1.82) is 0 Å². The third-order valence-corrected chi connectivity index (χ3v) is 6.04. The molecule has 3 aromatic rings. The van der Waals surface area contributed by atoms with E-state index in [0.717, 1.165) is 12.0 Å². The van der Waals surface area contributed by atoms with Crippen LogP contribution >= 0.6 is 11.8 Å². The Labute approximate surface area is 175 Å². The molecular weight excluding hydrogens is 382 g/mol. The van der Waals surface area contributed by atoms with E-state index in [4.69, 9.17) is 0 Å². The number of hydrogen-bond donors (Lipinski definition) is 0. The summed E-state index contributed by atoms with van der Waals surface area (Å²) in [6.45, 7) is 6.65. The number of nitrogens with zero attached hydrogens (tertiary/aromatic N) is 3. The summed E-state index contributed by atoms with van der Waals surface area (Å²) < 4.78 is 1.72. The van der Waals surface area contributed by atoms with Gasteiger partial charge in [-0.3, -0.25) is 14.2 Å². The number of benzene rings is 2. The van der Waals surface area contributed by atoms with Crippen LogP contribution in [0.1, 0.15) is 37.4 Å². The average Bonchev–Trinajstić information content (AvgIpc) is 2.73. The first-order chi connectivity index (χ1) is 13.9. The highest BCUT2D eigenvalue weighted by Crippen LogP contribution is 2.22. The minimum atomic E-state index is -0.0482. The Morgan fingerprint density at radius 3 is 2.55 bits per heavy atom. The summed E-state index contributed by atoms with van der Waals surface area (Å²) in [5, 5.41) is 1.21. The smallest absolute Gasteiger partial charge is 0.262 e. The predicted octanol–water partition coefficient (Wildman–Crippen LogP) is 4.43. The molecule has 3 rings (SSSR count). The molecule has 5 nitrogen and oxygen atoms in total. The van der Waals surface area contributed by atoms with Crippen molar-refractivity contribution in [3.8, 4) is 0 Å². The largest absolute Gasteiger partial charge is 0.341 e. The highest BCUT2D eigenvalue weighted by molar-refractivity contribution is 7.99. The molecule has 0 bridgehead atoms. The molecule has 0 N–H and O–H groups in total. The molecule has 1 atom stereocenters. The molecule has 1 amide bonds. The molecule has 0 saturated carbocycles. The fourth-order valence-electron chi connectivity index (χ4n) is 3.09. The molecule has 0 aliphatic heterocycles. The monoisotopic (exact) mass is 409 g/mol. The number of thioether (sulfide) groups is 1. The number of carbonyl (C=O) groups is 1. The second-order valence-corrected chi connectivity index (χ2v) is 8.31. The standard InChI is InChI=1S/C23H27N3O2S/c1-5-17(3)26-22(28)19-8-6-7-9-20(19)24-23(26)29-15-21(27)25(4)14-18-12-10-16(2)11-13-18/h6-13,17H,5,14-15H2,1-4H3/t17-/m1/s1. The van der Waals surface area contributed by atoms with Gasteiger partial charge in [0.25, 0.3) is 5.56 Å². The summed E-state index contributed by atoms with van der Waals surface area (Å²) in [4.78, 5) is 32.1. The highest BCUT2D eigenvalue weighted by Gasteiger charge is 2.18. The third kappa shape index (κ3) is 4.88.